The van der Waals surface area contributed by atoms with Gasteiger partial charge in [0.25, 0.3) is 0 Å². The SMILES string of the molecule is CC(C)(C)c1ccc(-c2cc(-c3ccc4cc(-n5c6ccc(C(C)(C)C)cc6c6cc(C(C)(C)C)ccc65)ccc4c3)c(-c3ccc(C(C)(C)C)cc3)cc2-c2ccc3cc(-n4c5ccc(C(C)(C)C)cc5c5cc(C(C)(C)C)ccc54)ccc3c2)cc1. The van der Waals surface area contributed by atoms with E-state index in [2.05, 4.69) is 340 Å². The zero-order valence-electron chi connectivity index (χ0n) is 55.5. The standard InChI is InChI=1S/C86H88N2/c1-81(2,3)61-29-23-53(24-30-61)69-51-72(60-22-20-58-46-68(38-28-56(58)44-60)88-79-41-35-65(85(13,14)15)49-75(79)76-50-66(86(16,17)18)36-42-80(76)88)70(54-25-31-62(32-26-54)82(4,5)6)52-71(69)59-21-19-57-45-67(37-27-55(57)43-59)87-77-39-33-63(83(7,8)9)47-73(77)74-48-64(84(10,11)12)34-40-78(74)87/h19-52H,1-18H3. The first-order valence-corrected chi connectivity index (χ1v) is 32.0. The third-order valence-corrected chi connectivity index (χ3v) is 19.1. The van der Waals surface area contributed by atoms with Gasteiger partial charge in [-0.05, 0) is 229 Å². The van der Waals surface area contributed by atoms with Crippen molar-refractivity contribution >= 4 is 65.2 Å². The number of hydrogen-bond donors (Lipinski definition) is 0. The zero-order valence-corrected chi connectivity index (χ0v) is 55.5. The molecule has 0 unspecified atom stereocenters. The van der Waals surface area contributed by atoms with Gasteiger partial charge in [-0.1, -0.05) is 234 Å². The van der Waals surface area contributed by atoms with E-state index in [1.54, 1.807) is 0 Å². The van der Waals surface area contributed by atoms with E-state index in [-0.39, 0.29) is 32.5 Å². The highest BCUT2D eigenvalue weighted by Gasteiger charge is 2.26. The first-order chi connectivity index (χ1) is 41.4. The fraction of sp³-hybridized carbons (Fsp3) is 0.279. The van der Waals surface area contributed by atoms with E-state index >= 15 is 0 Å². The lowest BCUT2D eigenvalue weighted by atomic mass is 9.82. The van der Waals surface area contributed by atoms with E-state index in [1.807, 2.05) is 0 Å². The molecule has 0 N–H and O–H groups in total. The van der Waals surface area contributed by atoms with Crippen molar-refractivity contribution in [3.8, 4) is 55.9 Å². The van der Waals surface area contributed by atoms with Crippen molar-refractivity contribution in [1.82, 2.24) is 9.13 Å². The van der Waals surface area contributed by atoms with E-state index in [1.165, 1.54) is 154 Å². The average Bonchev–Trinajstić information content (AvgIpc) is 1.55. The second-order valence-electron chi connectivity index (χ2n) is 31.7. The first-order valence-electron chi connectivity index (χ1n) is 32.0. The predicted molar refractivity (Wildman–Crippen MR) is 384 cm³/mol. The molecule has 0 saturated carbocycles. The van der Waals surface area contributed by atoms with Gasteiger partial charge in [0, 0.05) is 32.9 Å². The lowest BCUT2D eigenvalue weighted by Gasteiger charge is -2.22. The third-order valence-electron chi connectivity index (χ3n) is 19.1. The third kappa shape index (κ3) is 10.5. The number of benzene rings is 11. The molecule has 13 rings (SSSR count). The van der Waals surface area contributed by atoms with Crippen LogP contribution in [0.25, 0.3) is 121 Å². The summed E-state index contributed by atoms with van der Waals surface area (Å²) in [6, 6.07) is 80.5. The van der Waals surface area contributed by atoms with Crippen molar-refractivity contribution in [2.75, 3.05) is 0 Å². The molecule has 2 heterocycles. The molecular weight excluding hydrogens is 1060 g/mol. The van der Waals surface area contributed by atoms with Crippen LogP contribution >= 0.6 is 0 Å². The fourth-order valence-corrected chi connectivity index (χ4v) is 13.4. The van der Waals surface area contributed by atoms with Gasteiger partial charge < -0.3 is 9.13 Å². The Morgan fingerprint density at radius 3 is 0.693 bits per heavy atom. The molecule has 0 fully saturated rings. The molecule has 0 radical (unpaired) electrons. The van der Waals surface area contributed by atoms with Crippen LogP contribution in [-0.2, 0) is 32.5 Å². The quantitative estimate of drug-likeness (QED) is 0.157. The first kappa shape index (κ1) is 58.6. The van der Waals surface area contributed by atoms with Gasteiger partial charge >= 0.3 is 0 Å². The molecule has 0 bridgehead atoms. The smallest absolute Gasteiger partial charge is 0.0541 e. The maximum absolute atomic E-state index is 2.49. The van der Waals surface area contributed by atoms with Crippen molar-refractivity contribution in [1.29, 1.82) is 0 Å². The van der Waals surface area contributed by atoms with Crippen molar-refractivity contribution < 1.29 is 0 Å². The minimum Gasteiger partial charge on any atom is -0.309 e. The topological polar surface area (TPSA) is 9.86 Å². The van der Waals surface area contributed by atoms with E-state index in [9.17, 15) is 0 Å². The molecule has 2 nitrogen and oxygen atoms in total. The molecule has 11 aromatic carbocycles. The average molecular weight is 1150 g/mol. The van der Waals surface area contributed by atoms with Crippen LogP contribution in [-0.4, -0.2) is 9.13 Å². The Bertz CT molecular complexity index is 4450. The molecule has 0 aliphatic rings. The summed E-state index contributed by atoms with van der Waals surface area (Å²) in [4.78, 5) is 0. The largest absolute Gasteiger partial charge is 0.309 e. The summed E-state index contributed by atoms with van der Waals surface area (Å²) >= 11 is 0. The van der Waals surface area contributed by atoms with Crippen LogP contribution in [0.1, 0.15) is 158 Å². The summed E-state index contributed by atoms with van der Waals surface area (Å²) in [5, 5.41) is 10.0. The Kier molecular flexibility index (Phi) is 13.7. The molecule has 442 valence electrons. The van der Waals surface area contributed by atoms with Crippen molar-refractivity contribution in [3.05, 3.63) is 240 Å². The van der Waals surface area contributed by atoms with Crippen LogP contribution in [0, 0.1) is 0 Å². The van der Waals surface area contributed by atoms with Crippen LogP contribution in [0.3, 0.4) is 0 Å². The second-order valence-corrected chi connectivity index (χ2v) is 31.7. The summed E-state index contributed by atoms with van der Waals surface area (Å²) in [5.41, 5.74) is 25.1. The molecule has 2 heteroatoms. The van der Waals surface area contributed by atoms with Gasteiger partial charge in [0.15, 0.2) is 0 Å². The molecule has 13 aromatic rings. The van der Waals surface area contributed by atoms with Crippen LogP contribution in [0.2, 0.25) is 0 Å². The van der Waals surface area contributed by atoms with Gasteiger partial charge in [0.05, 0.1) is 22.1 Å². The summed E-state index contributed by atoms with van der Waals surface area (Å²) < 4.78 is 4.96. The zero-order chi connectivity index (χ0) is 62.4. The lowest BCUT2D eigenvalue weighted by Crippen LogP contribution is -2.10. The summed E-state index contributed by atoms with van der Waals surface area (Å²) in [6.45, 7) is 41.6. The number of nitrogens with zero attached hydrogens (tertiary/aromatic N) is 2. The highest BCUT2D eigenvalue weighted by molar-refractivity contribution is 6.12. The fourth-order valence-electron chi connectivity index (χ4n) is 13.4. The molecule has 88 heavy (non-hydrogen) atoms. The molecule has 2 aromatic heterocycles. The maximum atomic E-state index is 2.49. The molecule has 0 saturated heterocycles. The molecular formula is C86H88N2. The summed E-state index contributed by atoms with van der Waals surface area (Å²) in [5.74, 6) is 0. The molecule has 0 amide bonds. The van der Waals surface area contributed by atoms with Crippen LogP contribution in [0.5, 0.6) is 0 Å². The van der Waals surface area contributed by atoms with E-state index in [0.717, 1.165) is 0 Å². The van der Waals surface area contributed by atoms with E-state index < -0.39 is 0 Å². The number of hydrogen-bond acceptors (Lipinski definition) is 0. The highest BCUT2D eigenvalue weighted by atomic mass is 15.0. The molecule has 0 aliphatic heterocycles. The van der Waals surface area contributed by atoms with Crippen molar-refractivity contribution in [2.45, 2.75) is 157 Å². The Morgan fingerprint density at radius 1 is 0.193 bits per heavy atom. The van der Waals surface area contributed by atoms with Crippen LogP contribution < -0.4 is 0 Å². The Hall–Kier alpha value is -8.46. The van der Waals surface area contributed by atoms with Gasteiger partial charge in [0.2, 0.25) is 0 Å². The Labute approximate surface area is 523 Å². The predicted octanol–water partition coefficient (Wildman–Crippen LogP) is 24.6. The minimum atomic E-state index is 0.0227. The van der Waals surface area contributed by atoms with Crippen molar-refractivity contribution in [2.24, 2.45) is 0 Å². The summed E-state index contributed by atoms with van der Waals surface area (Å²) in [7, 11) is 0. The normalized spacial score (nSPS) is 13.1. The van der Waals surface area contributed by atoms with Gasteiger partial charge in [-0.15, -0.1) is 0 Å². The maximum Gasteiger partial charge on any atom is 0.0541 e. The van der Waals surface area contributed by atoms with Crippen LogP contribution in [0.4, 0.5) is 0 Å². The van der Waals surface area contributed by atoms with Crippen LogP contribution in [0.15, 0.2) is 206 Å². The number of aromatic nitrogens is 2. The lowest BCUT2D eigenvalue weighted by molar-refractivity contribution is 0.590. The Balaban J connectivity index is 0.972. The van der Waals surface area contributed by atoms with Crippen molar-refractivity contribution in [3.63, 3.8) is 0 Å². The van der Waals surface area contributed by atoms with Gasteiger partial charge in [-0.3, -0.25) is 0 Å². The van der Waals surface area contributed by atoms with E-state index in [4.69, 9.17) is 0 Å². The molecule has 0 atom stereocenters. The second kappa shape index (κ2) is 20.6. The monoisotopic (exact) mass is 1150 g/mol. The Morgan fingerprint density at radius 2 is 0.420 bits per heavy atom. The van der Waals surface area contributed by atoms with Gasteiger partial charge in [0.1, 0.15) is 0 Å². The summed E-state index contributed by atoms with van der Waals surface area (Å²) in [6.07, 6.45) is 0. The molecule has 0 spiro atoms. The number of fused-ring (bicyclic) bond motifs is 8. The minimum absolute atomic E-state index is 0.0227. The molecule has 0 aliphatic carbocycles. The van der Waals surface area contributed by atoms with E-state index in [0.29, 0.717) is 0 Å². The van der Waals surface area contributed by atoms with Gasteiger partial charge in [-0.25, -0.2) is 0 Å². The van der Waals surface area contributed by atoms with Gasteiger partial charge in [-0.2, -0.15) is 0 Å². The highest BCUT2D eigenvalue weighted by Crippen LogP contribution is 2.46. The number of rotatable bonds is 6.